The number of benzene rings is 1. The van der Waals surface area contributed by atoms with Crippen LogP contribution in [0.2, 0.25) is 0 Å². The molecular formula is C15H23NO2. The summed E-state index contributed by atoms with van der Waals surface area (Å²) in [4.78, 5) is 0. The molecule has 1 aliphatic carbocycles. The Hall–Kier alpha value is -1.06. The van der Waals surface area contributed by atoms with Gasteiger partial charge in [0.2, 0.25) is 0 Å². The van der Waals surface area contributed by atoms with Gasteiger partial charge in [-0.05, 0) is 30.5 Å². The van der Waals surface area contributed by atoms with Crippen molar-refractivity contribution in [2.45, 2.75) is 45.9 Å². The predicted molar refractivity (Wildman–Crippen MR) is 72.8 cm³/mol. The van der Waals surface area contributed by atoms with Crippen LogP contribution < -0.4 is 10.1 Å². The molecule has 0 radical (unpaired) electrons. The third-order valence-corrected chi connectivity index (χ3v) is 4.23. The van der Waals surface area contributed by atoms with Crippen LogP contribution in [0, 0.1) is 12.3 Å². The molecular weight excluding hydrogens is 226 g/mol. The summed E-state index contributed by atoms with van der Waals surface area (Å²) >= 11 is 0. The minimum atomic E-state index is -0.174. The van der Waals surface area contributed by atoms with Crippen LogP contribution in [0.25, 0.3) is 0 Å². The molecule has 0 amide bonds. The van der Waals surface area contributed by atoms with E-state index in [2.05, 4.69) is 38.2 Å². The van der Waals surface area contributed by atoms with Crippen LogP contribution in [-0.2, 0) is 6.54 Å². The Morgan fingerprint density at radius 3 is 2.67 bits per heavy atom. The Morgan fingerprint density at radius 2 is 2.17 bits per heavy atom. The van der Waals surface area contributed by atoms with Gasteiger partial charge in [0, 0.05) is 18.0 Å². The lowest BCUT2D eigenvalue weighted by Gasteiger charge is -2.49. The SMILES string of the molecule is COc1ccc(CNC2CC(O)C2(C)C)cc1C. The lowest BCUT2D eigenvalue weighted by atomic mass is 9.64. The van der Waals surface area contributed by atoms with E-state index >= 15 is 0 Å². The van der Waals surface area contributed by atoms with Crippen molar-refractivity contribution < 1.29 is 9.84 Å². The number of hydrogen-bond donors (Lipinski definition) is 2. The Balaban J connectivity index is 1.93. The molecule has 18 heavy (non-hydrogen) atoms. The van der Waals surface area contributed by atoms with Crippen LogP contribution >= 0.6 is 0 Å². The van der Waals surface area contributed by atoms with Gasteiger partial charge in [0.1, 0.15) is 5.75 Å². The Bertz CT molecular complexity index is 429. The van der Waals surface area contributed by atoms with Crippen LogP contribution in [0.3, 0.4) is 0 Å². The van der Waals surface area contributed by atoms with Crippen LogP contribution in [0.15, 0.2) is 18.2 Å². The molecule has 0 heterocycles. The minimum absolute atomic E-state index is 0.0124. The van der Waals surface area contributed by atoms with Crippen molar-refractivity contribution >= 4 is 0 Å². The van der Waals surface area contributed by atoms with Crippen molar-refractivity contribution in [2.75, 3.05) is 7.11 Å². The molecule has 1 aromatic rings. The van der Waals surface area contributed by atoms with Crippen LogP contribution in [0.5, 0.6) is 5.75 Å². The van der Waals surface area contributed by atoms with E-state index in [1.54, 1.807) is 7.11 Å². The average Bonchev–Trinajstić information content (AvgIpc) is 2.34. The second-order valence-corrected chi connectivity index (χ2v) is 5.81. The molecule has 1 saturated carbocycles. The molecule has 100 valence electrons. The van der Waals surface area contributed by atoms with E-state index in [0.717, 1.165) is 24.3 Å². The zero-order valence-electron chi connectivity index (χ0n) is 11.7. The number of aliphatic hydroxyl groups excluding tert-OH is 1. The summed E-state index contributed by atoms with van der Waals surface area (Å²) in [7, 11) is 1.69. The third kappa shape index (κ3) is 2.38. The molecule has 1 aromatic carbocycles. The van der Waals surface area contributed by atoms with E-state index in [9.17, 15) is 5.11 Å². The van der Waals surface area contributed by atoms with E-state index in [1.807, 2.05) is 6.07 Å². The number of hydrogen-bond acceptors (Lipinski definition) is 3. The largest absolute Gasteiger partial charge is 0.496 e. The van der Waals surface area contributed by atoms with Gasteiger partial charge in [0.15, 0.2) is 0 Å². The van der Waals surface area contributed by atoms with Crippen molar-refractivity contribution in [3.8, 4) is 5.75 Å². The smallest absolute Gasteiger partial charge is 0.121 e. The highest BCUT2D eigenvalue weighted by atomic mass is 16.5. The number of ether oxygens (including phenoxy) is 1. The monoisotopic (exact) mass is 249 g/mol. The molecule has 1 aliphatic rings. The van der Waals surface area contributed by atoms with Crippen LogP contribution in [0.4, 0.5) is 0 Å². The van der Waals surface area contributed by atoms with Gasteiger partial charge >= 0.3 is 0 Å². The molecule has 0 bridgehead atoms. The molecule has 3 heteroatoms. The minimum Gasteiger partial charge on any atom is -0.496 e. The first-order valence-corrected chi connectivity index (χ1v) is 6.50. The fourth-order valence-electron chi connectivity index (χ4n) is 2.54. The molecule has 2 N–H and O–H groups in total. The second-order valence-electron chi connectivity index (χ2n) is 5.81. The van der Waals surface area contributed by atoms with E-state index < -0.39 is 0 Å². The summed E-state index contributed by atoms with van der Waals surface area (Å²) < 4.78 is 5.25. The molecule has 1 fully saturated rings. The van der Waals surface area contributed by atoms with Gasteiger partial charge in [-0.3, -0.25) is 0 Å². The van der Waals surface area contributed by atoms with E-state index in [-0.39, 0.29) is 11.5 Å². The molecule has 0 saturated heterocycles. The number of aryl methyl sites for hydroxylation is 1. The molecule has 2 unspecified atom stereocenters. The van der Waals surface area contributed by atoms with Gasteiger partial charge in [-0.25, -0.2) is 0 Å². The summed E-state index contributed by atoms with van der Waals surface area (Å²) in [6, 6.07) is 6.64. The zero-order valence-corrected chi connectivity index (χ0v) is 11.7. The molecule has 3 nitrogen and oxygen atoms in total. The molecule has 0 aliphatic heterocycles. The zero-order chi connectivity index (χ0) is 13.3. The summed E-state index contributed by atoms with van der Waals surface area (Å²) in [5.74, 6) is 0.929. The summed E-state index contributed by atoms with van der Waals surface area (Å²) in [6.07, 6.45) is 0.676. The summed E-state index contributed by atoms with van der Waals surface area (Å²) in [5.41, 5.74) is 2.40. The summed E-state index contributed by atoms with van der Waals surface area (Å²) in [5, 5.41) is 13.2. The Kier molecular flexibility index (Phi) is 3.64. The molecule has 2 rings (SSSR count). The van der Waals surface area contributed by atoms with E-state index in [0.29, 0.717) is 6.04 Å². The van der Waals surface area contributed by atoms with Gasteiger partial charge in [-0.1, -0.05) is 26.0 Å². The second kappa shape index (κ2) is 4.90. The van der Waals surface area contributed by atoms with Crippen molar-refractivity contribution in [1.29, 1.82) is 0 Å². The quantitative estimate of drug-likeness (QED) is 0.860. The van der Waals surface area contributed by atoms with E-state index in [1.165, 1.54) is 5.56 Å². The summed E-state index contributed by atoms with van der Waals surface area (Å²) in [6.45, 7) is 7.11. The highest BCUT2D eigenvalue weighted by Crippen LogP contribution is 2.40. The lowest BCUT2D eigenvalue weighted by molar-refractivity contribution is -0.0729. The standard InChI is InChI=1S/C15H23NO2/c1-10-7-11(5-6-12(10)18-4)9-16-13-8-14(17)15(13,2)3/h5-7,13-14,16-17H,8-9H2,1-4H3. The first-order chi connectivity index (χ1) is 8.45. The van der Waals surface area contributed by atoms with Gasteiger partial charge in [-0.15, -0.1) is 0 Å². The fraction of sp³-hybridized carbons (Fsp3) is 0.600. The maximum absolute atomic E-state index is 9.70. The van der Waals surface area contributed by atoms with Crippen molar-refractivity contribution in [3.63, 3.8) is 0 Å². The Labute approximate surface area is 109 Å². The van der Waals surface area contributed by atoms with Crippen molar-refractivity contribution in [1.82, 2.24) is 5.32 Å². The molecule has 0 spiro atoms. The van der Waals surface area contributed by atoms with E-state index in [4.69, 9.17) is 4.74 Å². The first kappa shape index (κ1) is 13.4. The third-order valence-electron chi connectivity index (χ3n) is 4.23. The Morgan fingerprint density at radius 1 is 1.44 bits per heavy atom. The highest BCUT2D eigenvalue weighted by Gasteiger charge is 2.46. The molecule has 0 aromatic heterocycles. The van der Waals surface area contributed by atoms with Crippen LogP contribution in [0.1, 0.15) is 31.4 Å². The van der Waals surface area contributed by atoms with Crippen molar-refractivity contribution in [3.05, 3.63) is 29.3 Å². The number of nitrogens with one attached hydrogen (secondary N) is 1. The molecule has 2 atom stereocenters. The number of aliphatic hydroxyl groups is 1. The van der Waals surface area contributed by atoms with Gasteiger partial charge in [0.05, 0.1) is 13.2 Å². The fourth-order valence-corrected chi connectivity index (χ4v) is 2.54. The highest BCUT2D eigenvalue weighted by molar-refractivity contribution is 5.36. The van der Waals surface area contributed by atoms with Gasteiger partial charge in [-0.2, -0.15) is 0 Å². The number of rotatable bonds is 4. The normalized spacial score (nSPS) is 25.6. The van der Waals surface area contributed by atoms with Crippen molar-refractivity contribution in [2.24, 2.45) is 5.41 Å². The predicted octanol–water partition coefficient (Wildman–Crippen LogP) is 2.25. The maximum Gasteiger partial charge on any atom is 0.121 e. The number of methoxy groups -OCH3 is 1. The van der Waals surface area contributed by atoms with Crippen LogP contribution in [-0.4, -0.2) is 24.4 Å². The average molecular weight is 249 g/mol. The van der Waals surface area contributed by atoms with Gasteiger partial charge in [0.25, 0.3) is 0 Å². The topological polar surface area (TPSA) is 41.5 Å². The maximum atomic E-state index is 9.70. The lowest BCUT2D eigenvalue weighted by Crippen LogP contribution is -2.59. The van der Waals surface area contributed by atoms with Gasteiger partial charge < -0.3 is 15.2 Å². The first-order valence-electron chi connectivity index (χ1n) is 6.50.